The molecule has 0 aromatic heterocycles. The SMILES string of the molecule is CC(C)(CO)CNc1cccc(C#N)c1[N+](=O)[O-]. The summed E-state index contributed by atoms with van der Waals surface area (Å²) in [5.41, 5.74) is -0.308. The fraction of sp³-hybridized carbons (Fsp3) is 0.417. The van der Waals surface area contributed by atoms with E-state index < -0.39 is 10.3 Å². The third-order valence-corrected chi connectivity index (χ3v) is 2.52. The number of hydrogen-bond acceptors (Lipinski definition) is 5. The lowest BCUT2D eigenvalue weighted by molar-refractivity contribution is -0.384. The first-order chi connectivity index (χ1) is 8.41. The van der Waals surface area contributed by atoms with Crippen molar-refractivity contribution in [1.82, 2.24) is 0 Å². The molecular weight excluding hydrogens is 234 g/mol. The number of rotatable bonds is 5. The highest BCUT2D eigenvalue weighted by Gasteiger charge is 2.22. The van der Waals surface area contributed by atoms with Crippen molar-refractivity contribution in [1.29, 1.82) is 5.26 Å². The number of aliphatic hydroxyl groups excluding tert-OH is 1. The molecule has 0 spiro atoms. The van der Waals surface area contributed by atoms with E-state index in [1.54, 1.807) is 18.2 Å². The van der Waals surface area contributed by atoms with Gasteiger partial charge in [0.05, 0.1) is 4.92 Å². The zero-order chi connectivity index (χ0) is 13.8. The monoisotopic (exact) mass is 249 g/mol. The maximum absolute atomic E-state index is 11.0. The minimum absolute atomic E-state index is 0.0202. The van der Waals surface area contributed by atoms with Crippen LogP contribution in [0.15, 0.2) is 18.2 Å². The molecule has 0 aliphatic carbocycles. The lowest BCUT2D eigenvalue weighted by atomic mass is 9.95. The number of aliphatic hydroxyl groups is 1. The van der Waals surface area contributed by atoms with Gasteiger partial charge < -0.3 is 10.4 Å². The van der Waals surface area contributed by atoms with Crippen molar-refractivity contribution in [2.75, 3.05) is 18.5 Å². The van der Waals surface area contributed by atoms with E-state index in [-0.39, 0.29) is 17.9 Å². The maximum atomic E-state index is 11.0. The Morgan fingerprint density at radius 3 is 2.72 bits per heavy atom. The number of nitro groups is 1. The summed E-state index contributed by atoms with van der Waals surface area (Å²) in [7, 11) is 0. The first kappa shape index (κ1) is 13.9. The van der Waals surface area contributed by atoms with Gasteiger partial charge in [0.1, 0.15) is 17.3 Å². The van der Waals surface area contributed by atoms with Crippen LogP contribution in [0, 0.1) is 26.9 Å². The molecule has 96 valence electrons. The molecule has 0 unspecified atom stereocenters. The predicted octanol–water partition coefficient (Wildman–Crippen LogP) is 1.90. The van der Waals surface area contributed by atoms with Crippen molar-refractivity contribution >= 4 is 11.4 Å². The quantitative estimate of drug-likeness (QED) is 0.613. The molecule has 18 heavy (non-hydrogen) atoms. The van der Waals surface area contributed by atoms with Crippen LogP contribution in [0.1, 0.15) is 19.4 Å². The molecule has 1 aromatic rings. The van der Waals surface area contributed by atoms with Crippen LogP contribution in [0.25, 0.3) is 0 Å². The number of nitriles is 1. The Kier molecular flexibility index (Phi) is 4.23. The van der Waals surface area contributed by atoms with E-state index in [4.69, 9.17) is 10.4 Å². The van der Waals surface area contributed by atoms with Gasteiger partial charge >= 0.3 is 5.69 Å². The Hall–Kier alpha value is -2.13. The van der Waals surface area contributed by atoms with E-state index in [0.29, 0.717) is 12.2 Å². The van der Waals surface area contributed by atoms with Gasteiger partial charge in [-0.1, -0.05) is 19.9 Å². The van der Waals surface area contributed by atoms with Crippen molar-refractivity contribution < 1.29 is 10.0 Å². The van der Waals surface area contributed by atoms with Crippen LogP contribution in [-0.4, -0.2) is 23.2 Å². The molecule has 6 nitrogen and oxygen atoms in total. The van der Waals surface area contributed by atoms with Gasteiger partial charge in [-0.05, 0) is 12.1 Å². The second-order valence-electron chi connectivity index (χ2n) is 4.75. The Labute approximate surface area is 105 Å². The largest absolute Gasteiger partial charge is 0.396 e. The van der Waals surface area contributed by atoms with Crippen molar-refractivity contribution in [3.8, 4) is 6.07 Å². The zero-order valence-electron chi connectivity index (χ0n) is 10.3. The van der Waals surface area contributed by atoms with Crippen LogP contribution >= 0.6 is 0 Å². The topological polar surface area (TPSA) is 99.2 Å². The molecule has 0 heterocycles. The molecule has 6 heteroatoms. The van der Waals surface area contributed by atoms with Crippen molar-refractivity contribution in [3.05, 3.63) is 33.9 Å². The van der Waals surface area contributed by atoms with Crippen LogP contribution in [0.3, 0.4) is 0 Å². The minimum atomic E-state index is -0.577. The highest BCUT2D eigenvalue weighted by molar-refractivity contribution is 5.68. The summed E-state index contributed by atoms with van der Waals surface area (Å²) in [6.07, 6.45) is 0. The summed E-state index contributed by atoms with van der Waals surface area (Å²) in [5, 5.41) is 31.8. The average molecular weight is 249 g/mol. The van der Waals surface area contributed by atoms with Gasteiger partial charge in [0.15, 0.2) is 0 Å². The molecule has 0 radical (unpaired) electrons. The fourth-order valence-corrected chi connectivity index (χ4v) is 1.36. The highest BCUT2D eigenvalue weighted by Crippen LogP contribution is 2.29. The van der Waals surface area contributed by atoms with E-state index in [2.05, 4.69) is 5.32 Å². The number of nitro benzene ring substituents is 1. The van der Waals surface area contributed by atoms with Crippen LogP contribution in [0.5, 0.6) is 0 Å². The summed E-state index contributed by atoms with van der Waals surface area (Å²) in [6, 6.07) is 6.33. The van der Waals surface area contributed by atoms with E-state index in [1.807, 2.05) is 13.8 Å². The lowest BCUT2D eigenvalue weighted by Gasteiger charge is -2.22. The first-order valence-corrected chi connectivity index (χ1v) is 5.43. The number of nitrogens with one attached hydrogen (secondary N) is 1. The Bertz CT molecular complexity index is 492. The van der Waals surface area contributed by atoms with Crippen LogP contribution in [0.4, 0.5) is 11.4 Å². The maximum Gasteiger partial charge on any atom is 0.309 e. The van der Waals surface area contributed by atoms with Crippen molar-refractivity contribution in [2.45, 2.75) is 13.8 Å². The number of benzene rings is 1. The summed E-state index contributed by atoms with van der Waals surface area (Å²) < 4.78 is 0. The van der Waals surface area contributed by atoms with Crippen LogP contribution in [-0.2, 0) is 0 Å². The van der Waals surface area contributed by atoms with E-state index in [1.165, 1.54) is 6.07 Å². The Balaban J connectivity index is 3.03. The molecule has 0 aliphatic heterocycles. The molecule has 0 atom stereocenters. The molecule has 1 aromatic carbocycles. The summed E-state index contributed by atoms with van der Waals surface area (Å²) >= 11 is 0. The predicted molar refractivity (Wildman–Crippen MR) is 67.2 cm³/mol. The number of hydrogen-bond donors (Lipinski definition) is 2. The highest BCUT2D eigenvalue weighted by atomic mass is 16.6. The lowest BCUT2D eigenvalue weighted by Crippen LogP contribution is -2.27. The first-order valence-electron chi connectivity index (χ1n) is 5.43. The van der Waals surface area contributed by atoms with Crippen LogP contribution in [0.2, 0.25) is 0 Å². The second-order valence-corrected chi connectivity index (χ2v) is 4.75. The molecular formula is C12H15N3O3. The van der Waals surface area contributed by atoms with Gasteiger partial charge in [0, 0.05) is 18.6 Å². The number of para-hydroxylation sites is 1. The summed E-state index contributed by atoms with van der Waals surface area (Å²) in [4.78, 5) is 10.4. The number of nitrogens with zero attached hydrogens (tertiary/aromatic N) is 2. The van der Waals surface area contributed by atoms with Gasteiger partial charge in [-0.3, -0.25) is 10.1 Å². The minimum Gasteiger partial charge on any atom is -0.396 e. The van der Waals surface area contributed by atoms with Gasteiger partial charge in [0.2, 0.25) is 0 Å². The van der Waals surface area contributed by atoms with Crippen LogP contribution < -0.4 is 5.32 Å². The van der Waals surface area contributed by atoms with Gasteiger partial charge in [-0.15, -0.1) is 0 Å². The van der Waals surface area contributed by atoms with Gasteiger partial charge in [-0.2, -0.15) is 5.26 Å². The normalized spacial score (nSPS) is 10.8. The zero-order valence-corrected chi connectivity index (χ0v) is 10.3. The smallest absolute Gasteiger partial charge is 0.309 e. The third-order valence-electron chi connectivity index (χ3n) is 2.52. The number of anilines is 1. The average Bonchev–Trinajstić information content (AvgIpc) is 2.35. The molecule has 0 fully saturated rings. The molecule has 0 saturated carbocycles. The van der Waals surface area contributed by atoms with Crippen molar-refractivity contribution in [3.63, 3.8) is 0 Å². The third kappa shape index (κ3) is 3.18. The second kappa shape index (κ2) is 5.47. The summed E-state index contributed by atoms with van der Waals surface area (Å²) in [5.74, 6) is 0. The van der Waals surface area contributed by atoms with E-state index >= 15 is 0 Å². The van der Waals surface area contributed by atoms with E-state index in [0.717, 1.165) is 0 Å². The van der Waals surface area contributed by atoms with E-state index in [9.17, 15) is 10.1 Å². The molecule has 0 saturated heterocycles. The van der Waals surface area contributed by atoms with Crippen molar-refractivity contribution in [2.24, 2.45) is 5.41 Å². The Morgan fingerprint density at radius 2 is 2.22 bits per heavy atom. The van der Waals surface area contributed by atoms with Gasteiger partial charge in [0.25, 0.3) is 0 Å². The molecule has 0 bridgehead atoms. The fourth-order valence-electron chi connectivity index (χ4n) is 1.36. The molecule has 2 N–H and O–H groups in total. The molecule has 1 rings (SSSR count). The van der Waals surface area contributed by atoms with Gasteiger partial charge in [-0.25, -0.2) is 0 Å². The summed E-state index contributed by atoms with van der Waals surface area (Å²) in [6.45, 7) is 4.00. The molecule has 0 aliphatic rings. The Morgan fingerprint density at radius 1 is 1.56 bits per heavy atom. The molecule has 0 amide bonds. The standard InChI is InChI=1S/C12H15N3O3/c1-12(2,8-16)7-14-10-5-3-4-9(6-13)11(10)15(17)18/h3-5,14,16H,7-8H2,1-2H3.